The number of nitrogen functional groups attached to an aromatic ring is 1. The van der Waals surface area contributed by atoms with Gasteiger partial charge in [-0.1, -0.05) is 12.1 Å². The molecule has 0 aliphatic carbocycles. The molecule has 98 valence electrons. The molecule has 4 N–H and O–H groups in total. The number of aromatic nitrogens is 1. The van der Waals surface area contributed by atoms with Crippen LogP contribution in [0, 0.1) is 0 Å². The summed E-state index contributed by atoms with van der Waals surface area (Å²) in [7, 11) is 0. The Morgan fingerprint density at radius 3 is 2.58 bits per heavy atom. The molecule has 1 aromatic heterocycles. The number of rotatable bonds is 3. The van der Waals surface area contributed by atoms with Crippen LogP contribution in [0.5, 0.6) is 0 Å². The minimum absolute atomic E-state index is 0.102. The summed E-state index contributed by atoms with van der Waals surface area (Å²) in [4.78, 5) is 26.2. The fourth-order valence-electron chi connectivity index (χ4n) is 1.74. The minimum Gasteiger partial charge on any atom is -0.399 e. The highest BCUT2D eigenvalue weighted by molar-refractivity contribution is 5.93. The number of carbonyl (C=O) groups is 1. The van der Waals surface area contributed by atoms with Crippen molar-refractivity contribution in [2.75, 3.05) is 5.73 Å². The molecule has 0 spiro atoms. The molecule has 5 heteroatoms. The third kappa shape index (κ3) is 3.01. The molecule has 0 radical (unpaired) electrons. The second-order valence-corrected chi connectivity index (χ2v) is 4.28. The zero-order valence-electron chi connectivity index (χ0n) is 10.5. The van der Waals surface area contributed by atoms with Gasteiger partial charge in [-0.2, -0.15) is 0 Å². The SMILES string of the molecule is CC(NC(=O)c1c[nH]ccc1=O)c1ccc(N)cc1. The van der Waals surface area contributed by atoms with E-state index in [0.717, 1.165) is 5.56 Å². The molecule has 1 unspecified atom stereocenters. The van der Waals surface area contributed by atoms with Gasteiger partial charge >= 0.3 is 0 Å². The van der Waals surface area contributed by atoms with Gasteiger partial charge in [0.15, 0.2) is 5.43 Å². The van der Waals surface area contributed by atoms with Crippen LogP contribution in [-0.4, -0.2) is 10.9 Å². The van der Waals surface area contributed by atoms with E-state index in [0.29, 0.717) is 5.69 Å². The van der Waals surface area contributed by atoms with Crippen molar-refractivity contribution in [1.29, 1.82) is 0 Å². The molecule has 1 aromatic carbocycles. The van der Waals surface area contributed by atoms with Gasteiger partial charge in [0.25, 0.3) is 5.91 Å². The standard InChI is InChI=1S/C14H15N3O2/c1-9(10-2-4-11(15)5-3-10)17-14(19)12-8-16-7-6-13(12)18/h2-9H,15H2,1H3,(H,16,18)(H,17,19). The number of H-pyrrole nitrogens is 1. The van der Waals surface area contributed by atoms with Crippen LogP contribution in [0.25, 0.3) is 0 Å². The maximum Gasteiger partial charge on any atom is 0.257 e. The third-order valence-electron chi connectivity index (χ3n) is 2.85. The molecule has 1 heterocycles. The summed E-state index contributed by atoms with van der Waals surface area (Å²) in [6, 6.07) is 8.35. The van der Waals surface area contributed by atoms with E-state index in [9.17, 15) is 9.59 Å². The van der Waals surface area contributed by atoms with Crippen molar-refractivity contribution in [2.24, 2.45) is 0 Å². The summed E-state index contributed by atoms with van der Waals surface area (Å²) in [5, 5.41) is 2.77. The molecule has 5 nitrogen and oxygen atoms in total. The van der Waals surface area contributed by atoms with E-state index < -0.39 is 5.91 Å². The number of pyridine rings is 1. The molecule has 19 heavy (non-hydrogen) atoms. The predicted octanol–water partition coefficient (Wildman–Crippen LogP) is 1.45. The number of hydrogen-bond acceptors (Lipinski definition) is 3. The van der Waals surface area contributed by atoms with Crippen LogP contribution < -0.4 is 16.5 Å². The van der Waals surface area contributed by atoms with Gasteiger partial charge in [-0.25, -0.2) is 0 Å². The number of anilines is 1. The van der Waals surface area contributed by atoms with Crippen LogP contribution in [0.1, 0.15) is 28.9 Å². The average Bonchev–Trinajstić information content (AvgIpc) is 2.39. The quantitative estimate of drug-likeness (QED) is 0.727. The number of benzene rings is 1. The van der Waals surface area contributed by atoms with Gasteiger partial charge in [-0.05, 0) is 24.6 Å². The molecule has 0 saturated heterocycles. The highest BCUT2D eigenvalue weighted by atomic mass is 16.2. The molecule has 0 bridgehead atoms. The van der Waals surface area contributed by atoms with Crippen molar-refractivity contribution in [1.82, 2.24) is 10.3 Å². The first-order valence-electron chi connectivity index (χ1n) is 5.91. The molecular formula is C14H15N3O2. The highest BCUT2D eigenvalue weighted by Gasteiger charge is 2.13. The van der Waals surface area contributed by atoms with E-state index in [-0.39, 0.29) is 17.0 Å². The number of amides is 1. The lowest BCUT2D eigenvalue weighted by molar-refractivity contribution is 0.0938. The van der Waals surface area contributed by atoms with Crippen molar-refractivity contribution in [3.8, 4) is 0 Å². The summed E-state index contributed by atoms with van der Waals surface area (Å²) in [6.07, 6.45) is 2.88. The topological polar surface area (TPSA) is 88.0 Å². The summed E-state index contributed by atoms with van der Waals surface area (Å²) < 4.78 is 0. The normalized spacial score (nSPS) is 11.8. The van der Waals surface area contributed by atoms with Gasteiger partial charge in [0.2, 0.25) is 0 Å². The number of nitrogens with two attached hydrogens (primary N) is 1. The van der Waals surface area contributed by atoms with Crippen LogP contribution >= 0.6 is 0 Å². The Labute approximate surface area is 110 Å². The van der Waals surface area contributed by atoms with Crippen LogP contribution in [0.2, 0.25) is 0 Å². The summed E-state index contributed by atoms with van der Waals surface area (Å²) >= 11 is 0. The molecular weight excluding hydrogens is 242 g/mol. The first-order chi connectivity index (χ1) is 9.08. The van der Waals surface area contributed by atoms with Gasteiger partial charge in [-0.3, -0.25) is 9.59 Å². The molecule has 0 saturated carbocycles. The fourth-order valence-corrected chi connectivity index (χ4v) is 1.74. The van der Waals surface area contributed by atoms with Gasteiger partial charge in [0.1, 0.15) is 5.56 Å². The van der Waals surface area contributed by atoms with Crippen molar-refractivity contribution < 1.29 is 4.79 Å². The number of carbonyl (C=O) groups excluding carboxylic acids is 1. The van der Waals surface area contributed by atoms with Crippen LogP contribution in [0.4, 0.5) is 5.69 Å². The van der Waals surface area contributed by atoms with Crippen LogP contribution in [0.3, 0.4) is 0 Å². The Bertz CT molecular complexity index is 632. The third-order valence-corrected chi connectivity index (χ3v) is 2.85. The molecule has 0 fully saturated rings. The first kappa shape index (κ1) is 12.9. The molecule has 1 atom stereocenters. The second kappa shape index (κ2) is 5.39. The number of aromatic amines is 1. The van der Waals surface area contributed by atoms with E-state index >= 15 is 0 Å². The lowest BCUT2D eigenvalue weighted by Gasteiger charge is -2.14. The van der Waals surface area contributed by atoms with Crippen molar-refractivity contribution in [3.63, 3.8) is 0 Å². The zero-order valence-corrected chi connectivity index (χ0v) is 10.5. The first-order valence-corrected chi connectivity index (χ1v) is 5.91. The van der Waals surface area contributed by atoms with E-state index in [1.54, 1.807) is 12.1 Å². The van der Waals surface area contributed by atoms with E-state index in [1.807, 2.05) is 19.1 Å². The molecule has 0 aliphatic rings. The second-order valence-electron chi connectivity index (χ2n) is 4.28. The molecule has 2 aromatic rings. The Balaban J connectivity index is 2.13. The van der Waals surface area contributed by atoms with Gasteiger partial charge in [0.05, 0.1) is 6.04 Å². The minimum atomic E-state index is -0.397. The molecule has 1 amide bonds. The average molecular weight is 257 g/mol. The lowest BCUT2D eigenvalue weighted by atomic mass is 10.1. The van der Waals surface area contributed by atoms with Gasteiger partial charge in [0, 0.05) is 24.1 Å². The molecule has 2 rings (SSSR count). The predicted molar refractivity (Wildman–Crippen MR) is 73.8 cm³/mol. The van der Waals surface area contributed by atoms with E-state index in [2.05, 4.69) is 10.3 Å². The van der Waals surface area contributed by atoms with Crippen LogP contribution in [0.15, 0.2) is 47.5 Å². The van der Waals surface area contributed by atoms with Crippen molar-refractivity contribution >= 4 is 11.6 Å². The highest BCUT2D eigenvalue weighted by Crippen LogP contribution is 2.14. The van der Waals surface area contributed by atoms with Crippen molar-refractivity contribution in [3.05, 3.63) is 64.1 Å². The van der Waals surface area contributed by atoms with Gasteiger partial charge in [-0.15, -0.1) is 0 Å². The van der Waals surface area contributed by atoms with E-state index in [1.165, 1.54) is 18.5 Å². The zero-order chi connectivity index (χ0) is 13.8. The lowest BCUT2D eigenvalue weighted by Crippen LogP contribution is -2.30. The summed E-state index contributed by atoms with van der Waals surface area (Å²) in [5.74, 6) is -0.397. The Kier molecular flexibility index (Phi) is 3.66. The fraction of sp³-hybridized carbons (Fsp3) is 0.143. The van der Waals surface area contributed by atoms with Crippen molar-refractivity contribution in [2.45, 2.75) is 13.0 Å². The smallest absolute Gasteiger partial charge is 0.257 e. The number of hydrogen-bond donors (Lipinski definition) is 3. The molecule has 0 aliphatic heterocycles. The summed E-state index contributed by atoms with van der Waals surface area (Å²) in [5.41, 5.74) is 7.00. The monoisotopic (exact) mass is 257 g/mol. The largest absolute Gasteiger partial charge is 0.399 e. The Hall–Kier alpha value is -2.56. The van der Waals surface area contributed by atoms with E-state index in [4.69, 9.17) is 5.73 Å². The number of nitrogens with one attached hydrogen (secondary N) is 2. The maximum atomic E-state index is 12.0. The maximum absolute atomic E-state index is 12.0. The Morgan fingerprint density at radius 1 is 1.26 bits per heavy atom. The van der Waals surface area contributed by atoms with Gasteiger partial charge < -0.3 is 16.0 Å². The summed E-state index contributed by atoms with van der Waals surface area (Å²) in [6.45, 7) is 1.85. The van der Waals surface area contributed by atoms with Crippen LogP contribution in [-0.2, 0) is 0 Å². The Morgan fingerprint density at radius 2 is 1.95 bits per heavy atom.